The van der Waals surface area contributed by atoms with Gasteiger partial charge in [-0.2, -0.15) is 14.7 Å². The van der Waals surface area contributed by atoms with Crippen molar-refractivity contribution in [2.24, 2.45) is 5.92 Å². The van der Waals surface area contributed by atoms with Crippen LogP contribution in [0.5, 0.6) is 0 Å². The Kier molecular flexibility index (Phi) is 9.30. The molecule has 1 atom stereocenters. The number of methoxy groups -OCH3 is 1. The molecular weight excluding hydrogens is 514 g/mol. The lowest BCUT2D eigenvalue weighted by Gasteiger charge is -2.30. The number of hydrogen-bond donors (Lipinski definition) is 1. The summed E-state index contributed by atoms with van der Waals surface area (Å²) in [6.45, 7) is 3.92. The zero-order valence-corrected chi connectivity index (χ0v) is 23.0. The van der Waals surface area contributed by atoms with E-state index in [1.807, 2.05) is 36.4 Å². The second-order valence-electron chi connectivity index (χ2n) is 9.62. The minimum Gasteiger partial charge on any atom is -0.385 e. The van der Waals surface area contributed by atoms with E-state index >= 15 is 0 Å². The van der Waals surface area contributed by atoms with Crippen molar-refractivity contribution in [2.45, 2.75) is 31.1 Å². The molecule has 1 fully saturated rings. The van der Waals surface area contributed by atoms with Gasteiger partial charge in [0, 0.05) is 50.7 Å². The summed E-state index contributed by atoms with van der Waals surface area (Å²) in [5.41, 5.74) is 2.26. The molecule has 1 aliphatic heterocycles. The van der Waals surface area contributed by atoms with E-state index in [1.54, 1.807) is 46.6 Å². The molecule has 3 aromatic rings. The summed E-state index contributed by atoms with van der Waals surface area (Å²) in [6.07, 6.45) is 5.69. The smallest absolute Gasteiger partial charge is 0.261 e. The summed E-state index contributed by atoms with van der Waals surface area (Å²) >= 11 is 0. The second kappa shape index (κ2) is 12.8. The number of benzene rings is 2. The summed E-state index contributed by atoms with van der Waals surface area (Å²) in [7, 11) is -2.10. The SMILES string of the molecule is COCCCNC(=O)/C(C#N)=C/c1cn(-c2ccccc2)nc1-c1cccc(S(=O)(=O)N2CCCC(C)C2)c1. The highest BCUT2D eigenvalue weighted by Crippen LogP contribution is 2.30. The molecule has 1 N–H and O–H groups in total. The number of hydrogen-bond acceptors (Lipinski definition) is 6. The normalized spacial score (nSPS) is 16.5. The van der Waals surface area contributed by atoms with E-state index in [2.05, 4.69) is 12.2 Å². The third kappa shape index (κ3) is 6.81. The number of carbonyl (C=O) groups excluding carboxylic acids is 1. The molecule has 1 saturated heterocycles. The van der Waals surface area contributed by atoms with Gasteiger partial charge in [-0.15, -0.1) is 0 Å². The average molecular weight is 548 g/mol. The lowest BCUT2D eigenvalue weighted by Crippen LogP contribution is -2.39. The Labute approximate surface area is 229 Å². The third-order valence-corrected chi connectivity index (χ3v) is 8.47. The van der Waals surface area contributed by atoms with Crippen LogP contribution in [0.3, 0.4) is 0 Å². The quantitative estimate of drug-likeness (QED) is 0.233. The van der Waals surface area contributed by atoms with E-state index in [4.69, 9.17) is 9.84 Å². The molecule has 0 radical (unpaired) electrons. The summed E-state index contributed by atoms with van der Waals surface area (Å²) in [6, 6.07) is 18.1. The number of sulfonamides is 1. The molecule has 1 unspecified atom stereocenters. The second-order valence-corrected chi connectivity index (χ2v) is 11.6. The Bertz CT molecular complexity index is 1470. The molecule has 0 bridgehead atoms. The Morgan fingerprint density at radius 2 is 2.03 bits per heavy atom. The van der Waals surface area contributed by atoms with Crippen molar-refractivity contribution in [2.75, 3.05) is 33.4 Å². The highest BCUT2D eigenvalue weighted by atomic mass is 32.2. The standard InChI is InChI=1S/C29H33N5O4S/c1-22-9-7-15-33(20-22)39(36,37)27-13-6-10-23(18-27)28-25(21-34(32-28)26-11-4-3-5-12-26)17-24(19-30)29(35)31-14-8-16-38-2/h3-6,10-13,17-18,21-22H,7-9,14-16,20H2,1-2H3,(H,31,35)/b24-17+. The molecule has 0 saturated carbocycles. The number of carbonyl (C=O) groups is 1. The summed E-state index contributed by atoms with van der Waals surface area (Å²) < 4.78 is 35.1. The van der Waals surface area contributed by atoms with Gasteiger partial charge in [-0.25, -0.2) is 13.1 Å². The number of ether oxygens (including phenoxy) is 1. The van der Waals surface area contributed by atoms with Crippen LogP contribution in [-0.4, -0.2) is 61.8 Å². The van der Waals surface area contributed by atoms with Gasteiger partial charge >= 0.3 is 0 Å². The van der Waals surface area contributed by atoms with Crippen molar-refractivity contribution >= 4 is 22.0 Å². The van der Waals surface area contributed by atoms with Crippen molar-refractivity contribution in [3.8, 4) is 23.0 Å². The fourth-order valence-electron chi connectivity index (χ4n) is 4.57. The fraction of sp³-hybridized carbons (Fsp3) is 0.345. The minimum atomic E-state index is -3.68. The number of nitrogens with one attached hydrogen (secondary N) is 1. The van der Waals surface area contributed by atoms with Crippen LogP contribution in [0.25, 0.3) is 23.0 Å². The van der Waals surface area contributed by atoms with E-state index in [1.165, 1.54) is 6.08 Å². The summed E-state index contributed by atoms with van der Waals surface area (Å²) in [4.78, 5) is 12.9. The van der Waals surface area contributed by atoms with Crippen LogP contribution >= 0.6 is 0 Å². The van der Waals surface area contributed by atoms with Crippen LogP contribution in [0.4, 0.5) is 0 Å². The Morgan fingerprint density at radius 3 is 2.74 bits per heavy atom. The van der Waals surface area contributed by atoms with Crippen molar-refractivity contribution in [1.29, 1.82) is 5.26 Å². The zero-order chi connectivity index (χ0) is 27.8. The number of para-hydroxylation sites is 1. The summed E-state index contributed by atoms with van der Waals surface area (Å²) in [5.74, 6) is -0.192. The van der Waals surface area contributed by atoms with E-state index in [-0.39, 0.29) is 10.5 Å². The molecule has 0 aliphatic carbocycles. The first-order chi connectivity index (χ1) is 18.8. The number of rotatable bonds is 10. The largest absolute Gasteiger partial charge is 0.385 e. The summed E-state index contributed by atoms with van der Waals surface area (Å²) in [5, 5.41) is 17.2. The van der Waals surface area contributed by atoms with E-state index in [0.29, 0.717) is 55.4 Å². The lowest BCUT2D eigenvalue weighted by atomic mass is 10.0. The van der Waals surface area contributed by atoms with Gasteiger partial charge < -0.3 is 10.1 Å². The number of nitrogens with zero attached hydrogens (tertiary/aromatic N) is 4. The monoisotopic (exact) mass is 547 g/mol. The van der Waals surface area contributed by atoms with Gasteiger partial charge in [-0.1, -0.05) is 37.3 Å². The van der Waals surface area contributed by atoms with Crippen LogP contribution in [0.15, 0.2) is 71.3 Å². The van der Waals surface area contributed by atoms with Gasteiger partial charge in [0.15, 0.2) is 0 Å². The van der Waals surface area contributed by atoms with E-state index in [9.17, 15) is 18.5 Å². The van der Waals surface area contributed by atoms with Crippen molar-refractivity contribution in [3.63, 3.8) is 0 Å². The number of aromatic nitrogens is 2. The maximum atomic E-state index is 13.5. The van der Waals surface area contributed by atoms with Crippen LogP contribution in [-0.2, 0) is 19.6 Å². The first kappa shape index (κ1) is 28.2. The number of piperidine rings is 1. The lowest BCUT2D eigenvalue weighted by molar-refractivity contribution is -0.117. The third-order valence-electron chi connectivity index (χ3n) is 6.60. The van der Waals surface area contributed by atoms with Gasteiger partial charge in [0.25, 0.3) is 5.91 Å². The van der Waals surface area contributed by atoms with Crippen molar-refractivity contribution in [1.82, 2.24) is 19.4 Å². The molecule has 4 rings (SSSR count). The fourth-order valence-corrected chi connectivity index (χ4v) is 6.21. The maximum absolute atomic E-state index is 13.5. The van der Waals surface area contributed by atoms with Gasteiger partial charge in [-0.05, 0) is 55.5 Å². The molecule has 39 heavy (non-hydrogen) atoms. The van der Waals surface area contributed by atoms with Gasteiger partial charge in [0.1, 0.15) is 17.3 Å². The molecule has 2 aromatic carbocycles. The number of amides is 1. The van der Waals surface area contributed by atoms with Gasteiger partial charge in [0.05, 0.1) is 10.6 Å². The first-order valence-corrected chi connectivity index (χ1v) is 14.4. The van der Waals surface area contributed by atoms with Gasteiger partial charge in [0.2, 0.25) is 10.0 Å². The Morgan fingerprint density at radius 1 is 1.23 bits per heavy atom. The van der Waals surface area contributed by atoms with Crippen molar-refractivity contribution < 1.29 is 17.9 Å². The van der Waals surface area contributed by atoms with E-state index in [0.717, 1.165) is 18.5 Å². The molecular formula is C29H33N5O4S. The molecule has 1 amide bonds. The Hall–Kier alpha value is -3.78. The van der Waals surface area contributed by atoms with Crippen LogP contribution in [0.2, 0.25) is 0 Å². The highest BCUT2D eigenvalue weighted by molar-refractivity contribution is 7.89. The van der Waals surface area contributed by atoms with Gasteiger partial charge in [-0.3, -0.25) is 4.79 Å². The molecule has 2 heterocycles. The van der Waals surface area contributed by atoms with Crippen LogP contribution in [0.1, 0.15) is 31.7 Å². The molecule has 1 aliphatic rings. The molecule has 10 heteroatoms. The topological polar surface area (TPSA) is 117 Å². The van der Waals surface area contributed by atoms with E-state index < -0.39 is 15.9 Å². The molecule has 204 valence electrons. The predicted molar refractivity (Wildman–Crippen MR) is 149 cm³/mol. The number of nitriles is 1. The predicted octanol–water partition coefficient (Wildman–Crippen LogP) is 4.02. The molecule has 0 spiro atoms. The average Bonchev–Trinajstić information content (AvgIpc) is 3.38. The minimum absolute atomic E-state index is 0.0765. The van der Waals surface area contributed by atoms with Crippen LogP contribution in [0, 0.1) is 17.2 Å². The molecule has 9 nitrogen and oxygen atoms in total. The van der Waals surface area contributed by atoms with Crippen LogP contribution < -0.4 is 5.32 Å². The maximum Gasteiger partial charge on any atom is 0.261 e. The Balaban J connectivity index is 1.74. The first-order valence-electron chi connectivity index (χ1n) is 13.0. The zero-order valence-electron chi connectivity index (χ0n) is 22.2. The molecule has 1 aromatic heterocycles. The van der Waals surface area contributed by atoms with Crippen molar-refractivity contribution in [3.05, 3.63) is 71.9 Å². The highest BCUT2D eigenvalue weighted by Gasteiger charge is 2.29.